The molecule has 0 N–H and O–H groups in total. The van der Waals surface area contributed by atoms with Crippen molar-refractivity contribution in [1.29, 1.82) is 0 Å². The van der Waals surface area contributed by atoms with Gasteiger partial charge in [-0.3, -0.25) is 4.79 Å². The van der Waals surface area contributed by atoms with E-state index >= 15 is 0 Å². The molecule has 0 unspecified atom stereocenters. The van der Waals surface area contributed by atoms with Gasteiger partial charge in [0.05, 0.1) is 12.2 Å². The van der Waals surface area contributed by atoms with Crippen LogP contribution in [0.25, 0.3) is 11.4 Å². The summed E-state index contributed by atoms with van der Waals surface area (Å²) in [7, 11) is 1.77. The van der Waals surface area contributed by atoms with E-state index in [1.807, 2.05) is 43.0 Å². The van der Waals surface area contributed by atoms with Crippen LogP contribution >= 0.6 is 0 Å². The molecule has 2 aromatic rings. The second kappa shape index (κ2) is 5.84. The van der Waals surface area contributed by atoms with Crippen LogP contribution in [0.15, 0.2) is 24.3 Å². The van der Waals surface area contributed by atoms with Gasteiger partial charge in [-0.15, -0.1) is 5.10 Å². The van der Waals surface area contributed by atoms with Crippen LogP contribution in [0.4, 0.5) is 0 Å². The minimum absolute atomic E-state index is 0.0129. The molecule has 2 heterocycles. The highest BCUT2D eigenvalue weighted by molar-refractivity contribution is 5.95. The molecular formula is C15H19N5O2. The van der Waals surface area contributed by atoms with Crippen molar-refractivity contribution in [2.24, 2.45) is 7.05 Å². The first-order chi connectivity index (χ1) is 10.5. The van der Waals surface area contributed by atoms with Crippen molar-refractivity contribution in [3.8, 4) is 11.4 Å². The molecule has 0 bridgehead atoms. The van der Waals surface area contributed by atoms with Crippen LogP contribution in [0.1, 0.15) is 24.2 Å². The average Bonchev–Trinajstić information content (AvgIpc) is 2.92. The van der Waals surface area contributed by atoms with Gasteiger partial charge >= 0.3 is 0 Å². The zero-order valence-electron chi connectivity index (χ0n) is 12.9. The zero-order chi connectivity index (χ0) is 15.7. The normalized spacial score (nSPS) is 21.9. The molecule has 116 valence electrons. The Morgan fingerprint density at radius 1 is 1.27 bits per heavy atom. The summed E-state index contributed by atoms with van der Waals surface area (Å²) in [5.41, 5.74) is 1.47. The van der Waals surface area contributed by atoms with Crippen LogP contribution in [0, 0.1) is 0 Å². The van der Waals surface area contributed by atoms with Crippen LogP contribution in [0.5, 0.6) is 0 Å². The van der Waals surface area contributed by atoms with Crippen molar-refractivity contribution in [1.82, 2.24) is 25.1 Å². The maximum absolute atomic E-state index is 12.7. The molecule has 0 radical (unpaired) electrons. The van der Waals surface area contributed by atoms with Crippen LogP contribution in [0.2, 0.25) is 0 Å². The Bertz CT molecular complexity index is 674. The topological polar surface area (TPSA) is 73.1 Å². The Morgan fingerprint density at radius 3 is 2.64 bits per heavy atom. The van der Waals surface area contributed by atoms with Crippen molar-refractivity contribution in [2.45, 2.75) is 26.1 Å². The molecule has 3 rings (SSSR count). The number of benzene rings is 1. The molecule has 7 heteroatoms. The third-order valence-electron chi connectivity index (χ3n) is 3.69. The fraction of sp³-hybridized carbons (Fsp3) is 0.467. The van der Waals surface area contributed by atoms with Gasteiger partial charge in [0.25, 0.3) is 5.91 Å². The maximum Gasteiger partial charge on any atom is 0.254 e. The molecule has 7 nitrogen and oxygen atoms in total. The van der Waals surface area contributed by atoms with Gasteiger partial charge in [-0.25, -0.2) is 4.68 Å². The van der Waals surface area contributed by atoms with E-state index in [0.29, 0.717) is 24.5 Å². The number of rotatable bonds is 2. The van der Waals surface area contributed by atoms with Gasteiger partial charge in [-0.1, -0.05) is 12.1 Å². The van der Waals surface area contributed by atoms with Gasteiger partial charge in [-0.2, -0.15) is 0 Å². The molecule has 1 aromatic heterocycles. The number of hydrogen-bond acceptors (Lipinski definition) is 5. The third-order valence-corrected chi connectivity index (χ3v) is 3.69. The lowest BCUT2D eigenvalue weighted by Gasteiger charge is -2.35. The number of ether oxygens (including phenoxy) is 1. The smallest absolute Gasteiger partial charge is 0.254 e. The summed E-state index contributed by atoms with van der Waals surface area (Å²) in [6, 6.07) is 7.40. The van der Waals surface area contributed by atoms with Gasteiger partial charge in [0.2, 0.25) is 0 Å². The fourth-order valence-electron chi connectivity index (χ4n) is 2.79. The molecular weight excluding hydrogens is 282 g/mol. The van der Waals surface area contributed by atoms with E-state index in [1.165, 1.54) is 0 Å². The predicted octanol–water partition coefficient (Wildman–Crippen LogP) is 1.13. The third kappa shape index (κ3) is 2.85. The lowest BCUT2D eigenvalue weighted by molar-refractivity contribution is -0.0586. The number of carbonyl (C=O) groups is 1. The average molecular weight is 301 g/mol. The number of hydrogen-bond donors (Lipinski definition) is 0. The number of amides is 1. The molecule has 1 aliphatic heterocycles. The van der Waals surface area contributed by atoms with E-state index in [4.69, 9.17) is 4.74 Å². The summed E-state index contributed by atoms with van der Waals surface area (Å²) in [6.07, 6.45) is 0.109. The molecule has 1 amide bonds. The quantitative estimate of drug-likeness (QED) is 0.831. The van der Waals surface area contributed by atoms with E-state index in [1.54, 1.807) is 11.7 Å². The molecule has 1 saturated heterocycles. The molecule has 0 spiro atoms. The Morgan fingerprint density at radius 2 is 2.00 bits per heavy atom. The summed E-state index contributed by atoms with van der Waals surface area (Å²) in [4.78, 5) is 14.5. The second-order valence-electron chi connectivity index (χ2n) is 5.67. The van der Waals surface area contributed by atoms with Crippen molar-refractivity contribution in [2.75, 3.05) is 13.1 Å². The molecule has 22 heavy (non-hydrogen) atoms. The molecule has 2 atom stereocenters. The fourth-order valence-corrected chi connectivity index (χ4v) is 2.79. The van der Waals surface area contributed by atoms with Crippen molar-refractivity contribution in [3.05, 3.63) is 29.8 Å². The molecule has 1 aliphatic rings. The summed E-state index contributed by atoms with van der Waals surface area (Å²) in [6.45, 7) is 5.19. The highest BCUT2D eigenvalue weighted by Crippen LogP contribution is 2.19. The van der Waals surface area contributed by atoms with Gasteiger partial charge in [0, 0.05) is 31.3 Å². The van der Waals surface area contributed by atoms with Gasteiger partial charge < -0.3 is 9.64 Å². The van der Waals surface area contributed by atoms with Gasteiger partial charge in [0.15, 0.2) is 5.82 Å². The van der Waals surface area contributed by atoms with Crippen molar-refractivity contribution < 1.29 is 9.53 Å². The standard InChI is InChI=1S/C15H19N5O2/c1-10-8-20(9-11(2)22-10)15(21)13-6-4-5-12(7-13)14-16-17-18-19(14)3/h4-7,10-11H,8-9H2,1-3H3/t10-,11-/m1/s1. The Hall–Kier alpha value is -2.28. The van der Waals surface area contributed by atoms with Crippen molar-refractivity contribution >= 4 is 5.91 Å². The van der Waals surface area contributed by atoms with Crippen LogP contribution < -0.4 is 0 Å². The van der Waals surface area contributed by atoms with Crippen LogP contribution in [-0.4, -0.2) is 56.3 Å². The minimum Gasteiger partial charge on any atom is -0.372 e. The Labute approximate surface area is 128 Å². The van der Waals surface area contributed by atoms with E-state index < -0.39 is 0 Å². The number of morpholine rings is 1. The number of nitrogens with zero attached hydrogens (tertiary/aromatic N) is 5. The van der Waals surface area contributed by atoms with Crippen LogP contribution in [0.3, 0.4) is 0 Å². The first-order valence-corrected chi connectivity index (χ1v) is 7.32. The highest BCUT2D eigenvalue weighted by Gasteiger charge is 2.26. The summed E-state index contributed by atoms with van der Waals surface area (Å²) >= 11 is 0. The first-order valence-electron chi connectivity index (χ1n) is 7.32. The van der Waals surface area contributed by atoms with Gasteiger partial charge in [-0.05, 0) is 36.4 Å². The number of tetrazole rings is 1. The molecule has 0 aliphatic carbocycles. The highest BCUT2D eigenvalue weighted by atomic mass is 16.5. The number of aromatic nitrogens is 4. The van der Waals surface area contributed by atoms with E-state index in [2.05, 4.69) is 15.5 Å². The minimum atomic E-state index is 0.0129. The summed E-state index contributed by atoms with van der Waals surface area (Å²) in [5, 5.41) is 11.4. The lowest BCUT2D eigenvalue weighted by atomic mass is 10.1. The summed E-state index contributed by atoms with van der Waals surface area (Å²) in [5.74, 6) is 0.650. The predicted molar refractivity (Wildman–Crippen MR) is 80.1 cm³/mol. The number of aryl methyl sites for hydroxylation is 1. The van der Waals surface area contributed by atoms with E-state index in [-0.39, 0.29) is 18.1 Å². The summed E-state index contributed by atoms with van der Waals surface area (Å²) < 4.78 is 7.26. The zero-order valence-corrected chi connectivity index (χ0v) is 12.9. The first kappa shape index (κ1) is 14.6. The monoisotopic (exact) mass is 301 g/mol. The van der Waals surface area contributed by atoms with E-state index in [9.17, 15) is 4.79 Å². The maximum atomic E-state index is 12.7. The van der Waals surface area contributed by atoms with Crippen LogP contribution in [-0.2, 0) is 11.8 Å². The molecule has 1 fully saturated rings. The molecule has 0 saturated carbocycles. The van der Waals surface area contributed by atoms with Gasteiger partial charge in [0.1, 0.15) is 0 Å². The van der Waals surface area contributed by atoms with Crippen molar-refractivity contribution in [3.63, 3.8) is 0 Å². The Balaban J connectivity index is 1.86. The Kier molecular flexibility index (Phi) is 3.89. The largest absolute Gasteiger partial charge is 0.372 e. The molecule has 1 aromatic carbocycles. The number of carbonyl (C=O) groups excluding carboxylic acids is 1. The lowest BCUT2D eigenvalue weighted by Crippen LogP contribution is -2.48. The second-order valence-corrected chi connectivity index (χ2v) is 5.67. The SMILES string of the molecule is C[C@@H]1CN(C(=O)c2cccc(-c3nnnn3C)c2)C[C@@H](C)O1. The van der Waals surface area contributed by atoms with E-state index in [0.717, 1.165) is 5.56 Å².